The van der Waals surface area contributed by atoms with Gasteiger partial charge in [-0.1, -0.05) is 42.5 Å². The van der Waals surface area contributed by atoms with Crippen molar-refractivity contribution < 1.29 is 18.3 Å². The van der Waals surface area contributed by atoms with Gasteiger partial charge < -0.3 is 10.8 Å². The van der Waals surface area contributed by atoms with Crippen molar-refractivity contribution in [3.8, 4) is 0 Å². The molecule has 0 radical (unpaired) electrons. The fourth-order valence-electron chi connectivity index (χ4n) is 2.10. The number of hydrogen-bond donors (Lipinski definition) is 2. The first-order chi connectivity index (χ1) is 9.88. The Morgan fingerprint density at radius 3 is 2.00 bits per heavy atom. The first-order valence-electron chi connectivity index (χ1n) is 6.52. The Labute approximate surface area is 133 Å². The van der Waals surface area contributed by atoms with E-state index in [1.54, 1.807) is 0 Å². The highest BCUT2D eigenvalue weighted by atomic mass is 35.5. The molecule has 0 bridgehead atoms. The van der Waals surface area contributed by atoms with E-state index in [9.17, 15) is 18.3 Å². The molecule has 0 amide bonds. The summed E-state index contributed by atoms with van der Waals surface area (Å²) in [4.78, 5) is 0. The van der Waals surface area contributed by atoms with Gasteiger partial charge in [0.15, 0.2) is 0 Å². The van der Waals surface area contributed by atoms with Gasteiger partial charge in [0.25, 0.3) is 0 Å². The molecule has 2 atom stereocenters. The quantitative estimate of drug-likeness (QED) is 0.896. The molecule has 6 heteroatoms. The van der Waals surface area contributed by atoms with Crippen LogP contribution in [0.5, 0.6) is 0 Å². The van der Waals surface area contributed by atoms with Crippen LogP contribution in [0.3, 0.4) is 0 Å². The largest absolute Gasteiger partial charge is 0.416 e. The third-order valence-corrected chi connectivity index (χ3v) is 3.33. The second kappa shape index (κ2) is 7.63. The van der Waals surface area contributed by atoms with E-state index in [1.807, 2.05) is 30.3 Å². The van der Waals surface area contributed by atoms with Gasteiger partial charge in [0.2, 0.25) is 0 Å². The molecule has 22 heavy (non-hydrogen) atoms. The van der Waals surface area contributed by atoms with Crippen molar-refractivity contribution in [2.45, 2.75) is 24.7 Å². The molecule has 2 rings (SSSR count). The number of hydrogen-bond acceptors (Lipinski definition) is 2. The average Bonchev–Trinajstić information content (AvgIpc) is 2.46. The molecule has 0 aromatic heterocycles. The standard InChI is InChI=1S/C16H16F3NO.ClH/c17-16(18,19)13-8-6-12(7-9-13)15(20)14(21)10-11-4-2-1-3-5-11;/h1-9,14-15,21H,10,20H2;1H/t14-,15+;/m1./s1. The number of alkyl halides is 3. The van der Waals surface area contributed by atoms with Crippen molar-refractivity contribution in [3.63, 3.8) is 0 Å². The van der Waals surface area contributed by atoms with Crippen molar-refractivity contribution in [2.75, 3.05) is 0 Å². The molecule has 2 aromatic carbocycles. The molecular weight excluding hydrogens is 315 g/mol. The Hall–Kier alpha value is -1.56. The first kappa shape index (κ1) is 18.5. The summed E-state index contributed by atoms with van der Waals surface area (Å²) in [5.74, 6) is 0. The topological polar surface area (TPSA) is 46.2 Å². The van der Waals surface area contributed by atoms with Gasteiger partial charge in [0.05, 0.1) is 17.7 Å². The summed E-state index contributed by atoms with van der Waals surface area (Å²) in [5, 5.41) is 10.1. The number of nitrogens with two attached hydrogens (primary N) is 1. The van der Waals surface area contributed by atoms with E-state index < -0.39 is 23.9 Å². The van der Waals surface area contributed by atoms with Gasteiger partial charge in [0, 0.05) is 6.42 Å². The van der Waals surface area contributed by atoms with Crippen LogP contribution < -0.4 is 5.73 Å². The van der Waals surface area contributed by atoms with Gasteiger partial charge in [-0.15, -0.1) is 12.4 Å². The molecule has 0 aliphatic rings. The first-order valence-corrected chi connectivity index (χ1v) is 6.52. The van der Waals surface area contributed by atoms with E-state index >= 15 is 0 Å². The summed E-state index contributed by atoms with van der Waals surface area (Å²) < 4.78 is 37.5. The Morgan fingerprint density at radius 2 is 1.50 bits per heavy atom. The van der Waals surface area contributed by atoms with E-state index in [2.05, 4.69) is 0 Å². The van der Waals surface area contributed by atoms with Crippen LogP contribution in [-0.2, 0) is 12.6 Å². The van der Waals surface area contributed by atoms with Crippen LogP contribution in [0, 0.1) is 0 Å². The number of rotatable bonds is 4. The van der Waals surface area contributed by atoms with Gasteiger partial charge in [0.1, 0.15) is 0 Å². The lowest BCUT2D eigenvalue weighted by Gasteiger charge is -2.20. The lowest BCUT2D eigenvalue weighted by atomic mass is 9.96. The molecule has 3 N–H and O–H groups in total. The Kier molecular flexibility index (Phi) is 6.41. The normalized spacial score (nSPS) is 14.0. The highest BCUT2D eigenvalue weighted by Gasteiger charge is 2.30. The Bertz CT molecular complexity index is 572. The smallest absolute Gasteiger partial charge is 0.391 e. The van der Waals surface area contributed by atoms with Crippen LogP contribution in [0.4, 0.5) is 13.2 Å². The molecule has 0 saturated carbocycles. The molecule has 0 heterocycles. The van der Waals surface area contributed by atoms with Gasteiger partial charge in [-0.25, -0.2) is 0 Å². The highest BCUT2D eigenvalue weighted by Crippen LogP contribution is 2.30. The minimum Gasteiger partial charge on any atom is -0.391 e. The molecule has 0 aliphatic heterocycles. The SMILES string of the molecule is Cl.N[C@@H](c1ccc(C(F)(F)F)cc1)[C@H](O)Cc1ccccc1. The monoisotopic (exact) mass is 331 g/mol. The Morgan fingerprint density at radius 1 is 0.955 bits per heavy atom. The predicted molar refractivity (Wildman–Crippen MR) is 81.8 cm³/mol. The molecule has 0 aliphatic carbocycles. The van der Waals surface area contributed by atoms with Gasteiger partial charge in [-0.2, -0.15) is 13.2 Å². The maximum atomic E-state index is 12.5. The third kappa shape index (κ3) is 4.73. The Balaban J connectivity index is 0.00000242. The molecule has 2 nitrogen and oxygen atoms in total. The fourth-order valence-corrected chi connectivity index (χ4v) is 2.10. The van der Waals surface area contributed by atoms with E-state index in [4.69, 9.17) is 5.73 Å². The fraction of sp³-hybridized carbons (Fsp3) is 0.250. The van der Waals surface area contributed by atoms with Crippen molar-refractivity contribution in [2.24, 2.45) is 5.73 Å². The summed E-state index contributed by atoms with van der Waals surface area (Å²) in [7, 11) is 0. The van der Waals surface area contributed by atoms with E-state index in [0.717, 1.165) is 17.7 Å². The molecule has 120 valence electrons. The van der Waals surface area contributed by atoms with Crippen LogP contribution in [0.25, 0.3) is 0 Å². The molecule has 2 aromatic rings. The van der Waals surface area contributed by atoms with Crippen molar-refractivity contribution in [1.82, 2.24) is 0 Å². The minimum absolute atomic E-state index is 0. The van der Waals surface area contributed by atoms with Crippen LogP contribution in [-0.4, -0.2) is 11.2 Å². The number of aliphatic hydroxyl groups is 1. The second-order valence-electron chi connectivity index (χ2n) is 4.90. The molecular formula is C16H17ClF3NO. The average molecular weight is 332 g/mol. The molecule has 0 fully saturated rings. The predicted octanol–water partition coefficient (Wildman–Crippen LogP) is 3.73. The minimum atomic E-state index is -4.37. The maximum absolute atomic E-state index is 12.5. The molecule has 0 spiro atoms. The number of aliphatic hydroxyl groups excluding tert-OH is 1. The lowest BCUT2D eigenvalue weighted by Crippen LogP contribution is -2.28. The third-order valence-electron chi connectivity index (χ3n) is 3.33. The van der Waals surface area contributed by atoms with Crippen LogP contribution in [0.1, 0.15) is 22.7 Å². The molecule has 0 saturated heterocycles. The zero-order valence-corrected chi connectivity index (χ0v) is 12.4. The highest BCUT2D eigenvalue weighted by molar-refractivity contribution is 5.85. The van der Waals surface area contributed by atoms with Crippen molar-refractivity contribution in [3.05, 3.63) is 71.3 Å². The summed E-state index contributed by atoms with van der Waals surface area (Å²) in [5.41, 5.74) is 6.59. The van der Waals surface area contributed by atoms with E-state index in [0.29, 0.717) is 12.0 Å². The number of halogens is 4. The number of benzene rings is 2. The summed E-state index contributed by atoms with van der Waals surface area (Å²) >= 11 is 0. The van der Waals surface area contributed by atoms with Crippen LogP contribution in [0.2, 0.25) is 0 Å². The second-order valence-corrected chi connectivity index (χ2v) is 4.90. The van der Waals surface area contributed by atoms with Crippen LogP contribution in [0.15, 0.2) is 54.6 Å². The van der Waals surface area contributed by atoms with Gasteiger partial charge in [-0.05, 0) is 23.3 Å². The van der Waals surface area contributed by atoms with Gasteiger partial charge in [-0.3, -0.25) is 0 Å². The zero-order chi connectivity index (χ0) is 15.5. The van der Waals surface area contributed by atoms with Crippen LogP contribution >= 0.6 is 12.4 Å². The lowest BCUT2D eigenvalue weighted by molar-refractivity contribution is -0.137. The van der Waals surface area contributed by atoms with Crippen molar-refractivity contribution >= 4 is 12.4 Å². The maximum Gasteiger partial charge on any atom is 0.416 e. The summed E-state index contributed by atoms with van der Waals surface area (Å²) in [6.07, 6.45) is -4.88. The van der Waals surface area contributed by atoms with Gasteiger partial charge >= 0.3 is 6.18 Å². The zero-order valence-electron chi connectivity index (χ0n) is 11.6. The van der Waals surface area contributed by atoms with Crippen molar-refractivity contribution in [1.29, 1.82) is 0 Å². The summed E-state index contributed by atoms with van der Waals surface area (Å²) in [6, 6.07) is 13.1. The summed E-state index contributed by atoms with van der Waals surface area (Å²) in [6.45, 7) is 0. The molecule has 0 unspecified atom stereocenters. The van der Waals surface area contributed by atoms with E-state index in [1.165, 1.54) is 12.1 Å². The van der Waals surface area contributed by atoms with E-state index in [-0.39, 0.29) is 12.4 Å².